The Balaban J connectivity index is 1.36. The first-order valence-corrected chi connectivity index (χ1v) is 14.8. The summed E-state index contributed by atoms with van der Waals surface area (Å²) >= 11 is 0. The third kappa shape index (κ3) is 4.66. The number of sulfone groups is 1. The molecule has 1 unspecified atom stereocenters. The quantitative estimate of drug-likeness (QED) is 0.515. The fourth-order valence-electron chi connectivity index (χ4n) is 4.97. The van der Waals surface area contributed by atoms with Gasteiger partial charge in [0.1, 0.15) is 5.25 Å². The molecule has 0 aromatic heterocycles. The lowest BCUT2D eigenvalue weighted by Crippen LogP contribution is -2.45. The molecular weight excluding hydrogens is 468 g/mol. The third-order valence-corrected chi connectivity index (χ3v) is 10.9. The first-order valence-electron chi connectivity index (χ1n) is 11.5. The van der Waals surface area contributed by atoms with Gasteiger partial charge in [-0.15, -0.1) is 0 Å². The van der Waals surface area contributed by atoms with Crippen molar-refractivity contribution in [1.82, 2.24) is 9.80 Å². The zero-order chi connectivity index (χ0) is 23.8. The third-order valence-electron chi connectivity index (χ3n) is 6.77. The van der Waals surface area contributed by atoms with Gasteiger partial charge in [-0.05, 0) is 34.9 Å². The average molecular weight is 499 g/mol. The predicted octanol–water partition coefficient (Wildman–Crippen LogP) is 4.64. The molecule has 0 amide bonds. The van der Waals surface area contributed by atoms with Crippen LogP contribution in [0.3, 0.4) is 0 Å². The number of benzene rings is 3. The summed E-state index contributed by atoms with van der Waals surface area (Å²) in [5.74, 6) is -0.179. The van der Waals surface area contributed by atoms with E-state index in [9.17, 15) is 17.5 Å². The van der Waals surface area contributed by atoms with Crippen LogP contribution in [-0.4, -0.2) is 59.3 Å². The average Bonchev–Trinajstić information content (AvgIpc) is 3.14. The van der Waals surface area contributed by atoms with Gasteiger partial charge in [-0.3, -0.25) is 18.9 Å². The molecule has 2 aliphatic rings. The normalized spacial score (nSPS) is 21.8. The lowest BCUT2D eigenvalue weighted by Gasteiger charge is -2.35. The van der Waals surface area contributed by atoms with Crippen LogP contribution in [0.1, 0.15) is 21.9 Å². The lowest BCUT2D eigenvalue weighted by molar-refractivity contribution is 0.121. The Morgan fingerprint density at radius 3 is 2.00 bits per heavy atom. The minimum Gasteiger partial charge on any atom is -0.297 e. The van der Waals surface area contributed by atoms with Crippen molar-refractivity contribution in [3.8, 4) is 0 Å². The number of hydrogen-bond acceptors (Lipinski definition) is 6. The molecule has 0 radical (unpaired) electrons. The van der Waals surface area contributed by atoms with Gasteiger partial charge in [0.2, 0.25) is 0 Å². The number of nitrogens with zero attached hydrogens (tertiary/aromatic N) is 2. The van der Waals surface area contributed by atoms with E-state index in [-0.39, 0.29) is 10.6 Å². The first-order chi connectivity index (χ1) is 16.3. The van der Waals surface area contributed by atoms with Crippen LogP contribution >= 0.6 is 10.6 Å². The minimum absolute atomic E-state index is 0.179. The van der Waals surface area contributed by atoms with Gasteiger partial charge >= 0.3 is 0 Å². The van der Waals surface area contributed by atoms with Gasteiger partial charge < -0.3 is 0 Å². The summed E-state index contributed by atoms with van der Waals surface area (Å²) in [6, 6.07) is 24.2. The van der Waals surface area contributed by atoms with E-state index >= 15 is 0 Å². The molecule has 1 saturated heterocycles. The van der Waals surface area contributed by atoms with Crippen LogP contribution in [-0.2, 0) is 22.9 Å². The van der Waals surface area contributed by atoms with E-state index in [2.05, 4.69) is 34.1 Å². The number of piperazine rings is 1. The molecule has 180 valence electrons. The summed E-state index contributed by atoms with van der Waals surface area (Å²) in [4.78, 5) is 5.36. The predicted molar refractivity (Wildman–Crippen MR) is 136 cm³/mol. The van der Waals surface area contributed by atoms with E-state index in [1.165, 1.54) is 5.56 Å². The molecule has 3 aromatic carbocycles. The summed E-state index contributed by atoms with van der Waals surface area (Å²) < 4.78 is 48.6. The van der Waals surface area contributed by atoms with E-state index in [0.29, 0.717) is 17.0 Å². The van der Waals surface area contributed by atoms with Gasteiger partial charge in [-0.25, -0.2) is 8.42 Å². The topological polar surface area (TPSA) is 81.1 Å². The van der Waals surface area contributed by atoms with Crippen molar-refractivity contribution in [3.63, 3.8) is 0 Å². The maximum absolute atomic E-state index is 13.5. The summed E-state index contributed by atoms with van der Waals surface area (Å²) in [6.45, 7) is 5.15. The molecule has 1 fully saturated rings. The Morgan fingerprint density at radius 1 is 0.765 bits per heavy atom. The number of hydrogen-bond donors (Lipinski definition) is 2. The SMILES string of the molecule is O=S(=O)(c1ccccc1)C1CS(O)(O)c2cccc(CN3CCN(Cc4ccccc4)CC3)c21. The van der Waals surface area contributed by atoms with Crippen molar-refractivity contribution in [2.45, 2.75) is 28.1 Å². The maximum Gasteiger partial charge on any atom is 0.187 e. The van der Waals surface area contributed by atoms with Gasteiger partial charge in [-0.1, -0.05) is 60.7 Å². The highest BCUT2D eigenvalue weighted by Gasteiger charge is 2.44. The molecule has 3 aromatic rings. The van der Waals surface area contributed by atoms with Gasteiger partial charge in [0.15, 0.2) is 9.84 Å². The maximum atomic E-state index is 13.5. The monoisotopic (exact) mass is 498 g/mol. The minimum atomic E-state index is -3.76. The van der Waals surface area contributed by atoms with Gasteiger partial charge in [0.05, 0.1) is 15.5 Å². The van der Waals surface area contributed by atoms with Crippen molar-refractivity contribution in [3.05, 3.63) is 95.6 Å². The van der Waals surface area contributed by atoms with Crippen molar-refractivity contribution in [1.29, 1.82) is 0 Å². The van der Waals surface area contributed by atoms with Crippen LogP contribution in [0.2, 0.25) is 0 Å². The number of fused-ring (bicyclic) bond motifs is 1. The summed E-state index contributed by atoms with van der Waals surface area (Å²) in [6.07, 6.45) is 0. The van der Waals surface area contributed by atoms with Crippen LogP contribution < -0.4 is 0 Å². The van der Waals surface area contributed by atoms with Gasteiger partial charge in [0.25, 0.3) is 0 Å². The number of rotatable bonds is 6. The van der Waals surface area contributed by atoms with Crippen LogP contribution in [0.15, 0.2) is 88.7 Å². The zero-order valence-corrected chi connectivity index (χ0v) is 20.6. The first kappa shape index (κ1) is 23.5. The summed E-state index contributed by atoms with van der Waals surface area (Å²) in [5.41, 5.74) is 2.75. The second-order valence-corrected chi connectivity index (χ2v) is 13.3. The Morgan fingerprint density at radius 2 is 1.35 bits per heavy atom. The van der Waals surface area contributed by atoms with Crippen molar-refractivity contribution < 1.29 is 17.5 Å². The molecule has 34 heavy (non-hydrogen) atoms. The van der Waals surface area contributed by atoms with Crippen molar-refractivity contribution in [2.24, 2.45) is 0 Å². The second-order valence-electron chi connectivity index (χ2n) is 9.05. The molecule has 2 N–H and O–H groups in total. The van der Waals surface area contributed by atoms with Gasteiger partial charge in [-0.2, -0.15) is 10.6 Å². The molecule has 0 saturated carbocycles. The Hall–Kier alpha value is -2.20. The Bertz CT molecular complexity index is 1240. The smallest absolute Gasteiger partial charge is 0.187 e. The molecule has 8 heteroatoms. The van der Waals surface area contributed by atoms with Crippen LogP contribution in [0.4, 0.5) is 0 Å². The van der Waals surface area contributed by atoms with Crippen LogP contribution in [0, 0.1) is 0 Å². The second kappa shape index (κ2) is 9.45. The standard InChI is InChI=1S/C26H30N2O4S2/c29-33(30)20-25(34(31,32)23-11-5-2-6-12-23)26-22(10-7-13-24(26)33)19-28-16-14-27(15-17-28)18-21-8-3-1-4-9-21/h1-13,25,29-30H,14-20H2. The molecular formula is C26H30N2O4S2. The molecule has 0 aliphatic carbocycles. The van der Waals surface area contributed by atoms with Crippen LogP contribution in [0.5, 0.6) is 0 Å². The van der Waals surface area contributed by atoms with Crippen LogP contribution in [0.25, 0.3) is 0 Å². The fraction of sp³-hybridized carbons (Fsp3) is 0.308. The van der Waals surface area contributed by atoms with Crippen molar-refractivity contribution >= 4 is 20.4 Å². The van der Waals surface area contributed by atoms with E-state index in [0.717, 1.165) is 38.3 Å². The largest absolute Gasteiger partial charge is 0.297 e. The molecule has 6 nitrogen and oxygen atoms in total. The lowest BCUT2D eigenvalue weighted by atomic mass is 10.0. The summed E-state index contributed by atoms with van der Waals surface area (Å²) in [5, 5.41) is -0.953. The van der Waals surface area contributed by atoms with E-state index < -0.39 is 25.7 Å². The van der Waals surface area contributed by atoms with E-state index in [1.54, 1.807) is 36.4 Å². The fourth-order valence-corrected chi connectivity index (χ4v) is 9.47. The molecule has 1 atom stereocenters. The highest BCUT2D eigenvalue weighted by Crippen LogP contribution is 2.62. The zero-order valence-electron chi connectivity index (χ0n) is 19.0. The highest BCUT2D eigenvalue weighted by atomic mass is 32.3. The van der Waals surface area contributed by atoms with E-state index in [4.69, 9.17) is 0 Å². The van der Waals surface area contributed by atoms with E-state index in [1.807, 2.05) is 18.2 Å². The Kier molecular flexibility index (Phi) is 6.54. The molecule has 0 bridgehead atoms. The Labute approximate surface area is 203 Å². The summed E-state index contributed by atoms with van der Waals surface area (Å²) in [7, 11) is -6.91. The molecule has 2 aliphatic heterocycles. The molecule has 5 rings (SSSR count). The molecule has 0 spiro atoms. The van der Waals surface area contributed by atoms with Gasteiger partial charge in [0, 0.05) is 39.3 Å². The highest BCUT2D eigenvalue weighted by molar-refractivity contribution is 8.25. The molecule has 2 heterocycles. The van der Waals surface area contributed by atoms with Crippen molar-refractivity contribution in [2.75, 3.05) is 31.9 Å².